The Morgan fingerprint density at radius 3 is 2.44 bits per heavy atom. The fourth-order valence-corrected chi connectivity index (χ4v) is 3.09. The summed E-state index contributed by atoms with van der Waals surface area (Å²) < 4.78 is 23.5. The van der Waals surface area contributed by atoms with Crippen molar-refractivity contribution < 1.29 is 23.2 Å². The van der Waals surface area contributed by atoms with Gasteiger partial charge in [0.05, 0.1) is 18.6 Å². The average Bonchev–Trinajstić information content (AvgIpc) is 3.21. The lowest BCUT2D eigenvalue weighted by atomic mass is 10.0. The zero-order chi connectivity index (χ0) is 23.1. The lowest BCUT2D eigenvalue weighted by Gasteiger charge is -2.19. The second-order valence-electron chi connectivity index (χ2n) is 7.79. The van der Waals surface area contributed by atoms with E-state index < -0.39 is 6.04 Å². The van der Waals surface area contributed by atoms with Gasteiger partial charge in [-0.2, -0.15) is 4.98 Å². The summed E-state index contributed by atoms with van der Waals surface area (Å²) >= 11 is 0. The van der Waals surface area contributed by atoms with E-state index in [0.29, 0.717) is 17.3 Å². The third-order valence-electron chi connectivity index (χ3n) is 4.69. The van der Waals surface area contributed by atoms with Gasteiger partial charge in [-0.25, -0.2) is 4.39 Å². The van der Waals surface area contributed by atoms with Crippen LogP contribution in [-0.2, 0) is 20.7 Å². The fourth-order valence-electron chi connectivity index (χ4n) is 3.09. The third kappa shape index (κ3) is 6.73. The standard InChI is InChI=1S/C24H26FN3O4/c1-15(2)31-23(30)14-20(17-6-4-16(3)5-7-17)26-21(29)12-13-22-27-24(28-32-22)18-8-10-19(25)11-9-18/h4-11,15,20H,12-14H2,1-3H3,(H,26,29). The molecule has 1 heterocycles. The molecule has 1 atom stereocenters. The van der Waals surface area contributed by atoms with Gasteiger partial charge >= 0.3 is 5.97 Å². The Hall–Kier alpha value is -3.55. The quantitative estimate of drug-likeness (QED) is 0.499. The molecule has 1 N–H and O–H groups in total. The molecule has 3 aromatic rings. The van der Waals surface area contributed by atoms with Gasteiger partial charge in [-0.1, -0.05) is 35.0 Å². The van der Waals surface area contributed by atoms with Crippen molar-refractivity contribution in [1.82, 2.24) is 15.5 Å². The number of carbonyl (C=O) groups is 2. The molecule has 168 valence electrons. The first-order valence-electron chi connectivity index (χ1n) is 10.4. The van der Waals surface area contributed by atoms with Crippen LogP contribution < -0.4 is 5.32 Å². The van der Waals surface area contributed by atoms with E-state index in [0.717, 1.165) is 11.1 Å². The molecule has 2 aromatic carbocycles. The molecule has 0 aliphatic rings. The average molecular weight is 439 g/mol. The van der Waals surface area contributed by atoms with Crippen LogP contribution in [-0.4, -0.2) is 28.1 Å². The van der Waals surface area contributed by atoms with Crippen LogP contribution in [0, 0.1) is 12.7 Å². The molecule has 0 bridgehead atoms. The molecule has 0 aliphatic carbocycles. The SMILES string of the molecule is Cc1ccc(C(CC(=O)OC(C)C)NC(=O)CCc2nc(-c3ccc(F)cc3)no2)cc1. The molecule has 0 spiro atoms. The van der Waals surface area contributed by atoms with Gasteiger partial charge in [0.2, 0.25) is 17.6 Å². The number of ether oxygens (including phenoxy) is 1. The van der Waals surface area contributed by atoms with Crippen molar-refractivity contribution >= 4 is 11.9 Å². The second-order valence-corrected chi connectivity index (χ2v) is 7.79. The normalized spacial score (nSPS) is 11.9. The predicted octanol–water partition coefficient (Wildman–Crippen LogP) is 4.32. The zero-order valence-electron chi connectivity index (χ0n) is 18.3. The van der Waals surface area contributed by atoms with Gasteiger partial charge in [0.15, 0.2) is 0 Å². The summed E-state index contributed by atoms with van der Waals surface area (Å²) in [7, 11) is 0. The van der Waals surface area contributed by atoms with Crippen molar-refractivity contribution in [2.45, 2.75) is 52.2 Å². The first-order chi connectivity index (χ1) is 15.3. The van der Waals surface area contributed by atoms with E-state index in [1.165, 1.54) is 12.1 Å². The topological polar surface area (TPSA) is 94.3 Å². The number of aromatic nitrogens is 2. The van der Waals surface area contributed by atoms with Crippen LogP contribution in [0.4, 0.5) is 4.39 Å². The molecule has 1 unspecified atom stereocenters. The van der Waals surface area contributed by atoms with Gasteiger partial charge in [0.1, 0.15) is 5.82 Å². The third-order valence-corrected chi connectivity index (χ3v) is 4.69. The highest BCUT2D eigenvalue weighted by Gasteiger charge is 2.20. The smallest absolute Gasteiger partial charge is 0.308 e. The predicted molar refractivity (Wildman–Crippen MR) is 116 cm³/mol. The number of esters is 1. The minimum atomic E-state index is -0.508. The van der Waals surface area contributed by atoms with Crippen molar-refractivity contribution in [3.05, 3.63) is 71.4 Å². The monoisotopic (exact) mass is 439 g/mol. The van der Waals surface area contributed by atoms with Gasteiger partial charge in [-0.05, 0) is 50.6 Å². The Morgan fingerprint density at radius 1 is 1.09 bits per heavy atom. The Balaban J connectivity index is 1.61. The Morgan fingerprint density at radius 2 is 1.78 bits per heavy atom. The number of nitrogens with one attached hydrogen (secondary N) is 1. The van der Waals surface area contributed by atoms with E-state index in [9.17, 15) is 14.0 Å². The van der Waals surface area contributed by atoms with E-state index in [-0.39, 0.29) is 43.1 Å². The number of hydrogen-bond donors (Lipinski definition) is 1. The van der Waals surface area contributed by atoms with Crippen LogP contribution in [0.25, 0.3) is 11.4 Å². The van der Waals surface area contributed by atoms with E-state index in [4.69, 9.17) is 9.26 Å². The van der Waals surface area contributed by atoms with Crippen molar-refractivity contribution in [2.24, 2.45) is 0 Å². The molecule has 0 radical (unpaired) electrons. The van der Waals surface area contributed by atoms with Crippen molar-refractivity contribution in [1.29, 1.82) is 0 Å². The molecule has 1 aromatic heterocycles. The first-order valence-corrected chi connectivity index (χ1v) is 10.4. The number of hydrogen-bond acceptors (Lipinski definition) is 6. The molecule has 32 heavy (non-hydrogen) atoms. The second kappa shape index (κ2) is 10.7. The minimum Gasteiger partial charge on any atom is -0.463 e. The molecule has 7 nitrogen and oxygen atoms in total. The van der Waals surface area contributed by atoms with Gasteiger partial charge in [-0.15, -0.1) is 0 Å². The zero-order valence-corrected chi connectivity index (χ0v) is 18.3. The van der Waals surface area contributed by atoms with Gasteiger partial charge in [0, 0.05) is 18.4 Å². The van der Waals surface area contributed by atoms with Crippen molar-refractivity contribution in [3.8, 4) is 11.4 Å². The summed E-state index contributed by atoms with van der Waals surface area (Å²) in [6.07, 6.45) is 0.135. The number of halogens is 1. The Kier molecular flexibility index (Phi) is 7.70. The van der Waals surface area contributed by atoms with Crippen LogP contribution >= 0.6 is 0 Å². The highest BCUT2D eigenvalue weighted by molar-refractivity contribution is 5.78. The highest BCUT2D eigenvalue weighted by Crippen LogP contribution is 2.20. The number of nitrogens with zero attached hydrogens (tertiary/aromatic N) is 2. The Bertz CT molecular complexity index is 1050. The van der Waals surface area contributed by atoms with Crippen LogP contribution in [0.5, 0.6) is 0 Å². The van der Waals surface area contributed by atoms with E-state index in [2.05, 4.69) is 15.5 Å². The van der Waals surface area contributed by atoms with Crippen molar-refractivity contribution in [3.63, 3.8) is 0 Å². The van der Waals surface area contributed by atoms with Gasteiger partial charge in [-0.3, -0.25) is 9.59 Å². The number of rotatable bonds is 9. The Labute approximate surface area is 186 Å². The number of amides is 1. The maximum Gasteiger partial charge on any atom is 0.308 e. The molecule has 0 aliphatic heterocycles. The number of benzene rings is 2. The van der Waals surface area contributed by atoms with Crippen LogP contribution in [0.1, 0.15) is 49.7 Å². The minimum absolute atomic E-state index is 0.0300. The first kappa shape index (κ1) is 23.1. The largest absolute Gasteiger partial charge is 0.463 e. The number of carbonyl (C=O) groups excluding carboxylic acids is 2. The summed E-state index contributed by atoms with van der Waals surface area (Å²) in [4.78, 5) is 29.0. The maximum atomic E-state index is 13.1. The molecule has 0 saturated carbocycles. The molecule has 0 saturated heterocycles. The summed E-state index contributed by atoms with van der Waals surface area (Å²) in [5.74, 6) is -0.365. The maximum absolute atomic E-state index is 13.1. The van der Waals surface area contributed by atoms with Crippen LogP contribution in [0.2, 0.25) is 0 Å². The molecular weight excluding hydrogens is 413 g/mol. The highest BCUT2D eigenvalue weighted by atomic mass is 19.1. The lowest BCUT2D eigenvalue weighted by Crippen LogP contribution is -2.31. The van der Waals surface area contributed by atoms with Crippen LogP contribution in [0.3, 0.4) is 0 Å². The fraction of sp³-hybridized carbons (Fsp3) is 0.333. The van der Waals surface area contributed by atoms with Gasteiger partial charge in [0.25, 0.3) is 0 Å². The summed E-state index contributed by atoms with van der Waals surface area (Å²) in [5, 5.41) is 6.78. The summed E-state index contributed by atoms with van der Waals surface area (Å²) in [6, 6.07) is 12.9. The molecule has 3 rings (SSSR count). The number of aryl methyl sites for hydroxylation is 2. The summed E-state index contributed by atoms with van der Waals surface area (Å²) in [6.45, 7) is 5.53. The summed E-state index contributed by atoms with van der Waals surface area (Å²) in [5.41, 5.74) is 2.52. The molecule has 8 heteroatoms. The molecule has 1 amide bonds. The lowest BCUT2D eigenvalue weighted by molar-refractivity contribution is -0.148. The van der Waals surface area contributed by atoms with Crippen LogP contribution in [0.15, 0.2) is 53.1 Å². The molecule has 0 fully saturated rings. The van der Waals surface area contributed by atoms with Crippen molar-refractivity contribution in [2.75, 3.05) is 0 Å². The van der Waals surface area contributed by atoms with Gasteiger partial charge < -0.3 is 14.6 Å². The van der Waals surface area contributed by atoms with E-state index >= 15 is 0 Å². The molecular formula is C24H26FN3O4. The van der Waals surface area contributed by atoms with E-state index in [1.54, 1.807) is 26.0 Å². The van der Waals surface area contributed by atoms with E-state index in [1.807, 2.05) is 31.2 Å².